The number of allylic oxidation sites excluding steroid dienone is 1. The molecule has 1 aromatic carbocycles. The second-order valence-electron chi connectivity index (χ2n) is 3.66. The number of guanidine groups is 1. The molecule has 0 spiro atoms. The van der Waals surface area contributed by atoms with Gasteiger partial charge in [0.1, 0.15) is 0 Å². The average Bonchev–Trinajstić information content (AvgIpc) is 2.36. The van der Waals surface area contributed by atoms with Crippen LogP contribution < -0.4 is 11.2 Å². The van der Waals surface area contributed by atoms with Gasteiger partial charge in [-0.1, -0.05) is 36.4 Å². The second kappa shape index (κ2) is 6.48. The van der Waals surface area contributed by atoms with Crippen LogP contribution in [0.3, 0.4) is 0 Å². The van der Waals surface area contributed by atoms with Crippen molar-refractivity contribution in [1.29, 1.82) is 0 Å². The highest BCUT2D eigenvalue weighted by Gasteiger charge is 1.96. The molecule has 0 saturated carbocycles. The number of hydrazone groups is 1. The molecule has 0 aliphatic rings. The fourth-order valence-corrected chi connectivity index (χ4v) is 1.18. The fraction of sp³-hybridized carbons (Fsp3) is 0.231. The standard InChI is InChI=1S/C13H18N4/c1-10(9-12-7-5-4-6-8-12)11(2)16-17-13(14)15-3/h4-9H,1-3H3,(H3,14,15,17). The van der Waals surface area contributed by atoms with Crippen LogP contribution in [0.15, 0.2) is 46.0 Å². The highest BCUT2D eigenvalue weighted by atomic mass is 15.4. The molecule has 0 heterocycles. The molecule has 0 aromatic heterocycles. The van der Waals surface area contributed by atoms with Gasteiger partial charge in [-0.3, -0.25) is 4.99 Å². The monoisotopic (exact) mass is 230 g/mol. The molecule has 0 amide bonds. The quantitative estimate of drug-likeness (QED) is 0.474. The van der Waals surface area contributed by atoms with Gasteiger partial charge in [0, 0.05) is 7.05 Å². The Hall–Kier alpha value is -2.10. The molecule has 90 valence electrons. The van der Waals surface area contributed by atoms with E-state index in [9.17, 15) is 0 Å². The predicted octanol–water partition coefficient (Wildman–Crippen LogP) is 2.00. The zero-order valence-electron chi connectivity index (χ0n) is 10.4. The van der Waals surface area contributed by atoms with Gasteiger partial charge in [0.05, 0.1) is 5.71 Å². The summed E-state index contributed by atoms with van der Waals surface area (Å²) in [6.07, 6.45) is 2.07. The van der Waals surface area contributed by atoms with Gasteiger partial charge in [0.15, 0.2) is 0 Å². The van der Waals surface area contributed by atoms with Crippen LogP contribution in [0.2, 0.25) is 0 Å². The van der Waals surface area contributed by atoms with E-state index >= 15 is 0 Å². The number of aliphatic imine (C=N–C) groups is 1. The molecule has 0 saturated heterocycles. The van der Waals surface area contributed by atoms with E-state index in [1.165, 1.54) is 0 Å². The van der Waals surface area contributed by atoms with Crippen molar-refractivity contribution in [2.24, 2.45) is 15.8 Å². The van der Waals surface area contributed by atoms with Gasteiger partial charge in [-0.15, -0.1) is 0 Å². The Kier molecular flexibility index (Phi) is 4.94. The first-order chi connectivity index (χ1) is 8.13. The fourth-order valence-electron chi connectivity index (χ4n) is 1.18. The summed E-state index contributed by atoms with van der Waals surface area (Å²) >= 11 is 0. The van der Waals surface area contributed by atoms with Gasteiger partial charge < -0.3 is 5.73 Å². The van der Waals surface area contributed by atoms with Crippen LogP contribution >= 0.6 is 0 Å². The SMILES string of the molecule is CN=C(N)NN=C(C)C(C)=Cc1ccccc1. The van der Waals surface area contributed by atoms with Crippen LogP contribution in [0, 0.1) is 0 Å². The van der Waals surface area contributed by atoms with Crippen LogP contribution in [0.25, 0.3) is 6.08 Å². The summed E-state index contributed by atoms with van der Waals surface area (Å²) in [4.78, 5) is 3.76. The van der Waals surface area contributed by atoms with Crippen molar-refractivity contribution in [3.05, 3.63) is 41.5 Å². The summed E-state index contributed by atoms with van der Waals surface area (Å²) in [5, 5.41) is 4.13. The van der Waals surface area contributed by atoms with Crippen molar-refractivity contribution in [3.63, 3.8) is 0 Å². The number of hydrogen-bond acceptors (Lipinski definition) is 2. The second-order valence-corrected chi connectivity index (χ2v) is 3.66. The molecule has 0 bridgehead atoms. The van der Waals surface area contributed by atoms with E-state index in [0.717, 1.165) is 16.8 Å². The smallest absolute Gasteiger partial charge is 0.209 e. The molecule has 0 aliphatic heterocycles. The molecule has 0 unspecified atom stereocenters. The molecule has 4 heteroatoms. The first-order valence-corrected chi connectivity index (χ1v) is 5.39. The van der Waals surface area contributed by atoms with Crippen molar-refractivity contribution in [3.8, 4) is 0 Å². The van der Waals surface area contributed by atoms with Crippen LogP contribution in [0.4, 0.5) is 0 Å². The number of nitrogens with one attached hydrogen (secondary N) is 1. The minimum absolute atomic E-state index is 0.303. The van der Waals surface area contributed by atoms with Crippen molar-refractivity contribution in [2.75, 3.05) is 7.05 Å². The highest BCUT2D eigenvalue weighted by Crippen LogP contribution is 2.07. The van der Waals surface area contributed by atoms with Crippen LogP contribution in [0.5, 0.6) is 0 Å². The summed E-state index contributed by atoms with van der Waals surface area (Å²) in [5.41, 5.74) is 11.3. The summed E-state index contributed by atoms with van der Waals surface area (Å²) in [6, 6.07) is 10.1. The topological polar surface area (TPSA) is 62.8 Å². The van der Waals surface area contributed by atoms with Gasteiger partial charge in [0.25, 0.3) is 0 Å². The van der Waals surface area contributed by atoms with Gasteiger partial charge in [-0.05, 0) is 25.0 Å². The number of nitrogens with two attached hydrogens (primary N) is 1. The Bertz CT molecular complexity index is 444. The molecule has 0 radical (unpaired) electrons. The van der Waals surface area contributed by atoms with Crippen LogP contribution in [-0.2, 0) is 0 Å². The lowest BCUT2D eigenvalue weighted by molar-refractivity contribution is 0.996. The third-order valence-electron chi connectivity index (χ3n) is 2.33. The van der Waals surface area contributed by atoms with E-state index in [4.69, 9.17) is 5.73 Å². The molecule has 0 aliphatic carbocycles. The minimum atomic E-state index is 0.303. The van der Waals surface area contributed by atoms with Crippen LogP contribution in [-0.4, -0.2) is 18.7 Å². The zero-order valence-corrected chi connectivity index (χ0v) is 10.4. The molecule has 4 nitrogen and oxygen atoms in total. The molecular weight excluding hydrogens is 212 g/mol. The van der Waals surface area contributed by atoms with E-state index < -0.39 is 0 Å². The maximum absolute atomic E-state index is 5.49. The first-order valence-electron chi connectivity index (χ1n) is 5.39. The van der Waals surface area contributed by atoms with Crippen LogP contribution in [0.1, 0.15) is 19.4 Å². The molecular formula is C13H18N4. The van der Waals surface area contributed by atoms with E-state index in [2.05, 4.69) is 21.6 Å². The van der Waals surface area contributed by atoms with Gasteiger partial charge in [0.2, 0.25) is 5.96 Å². The molecule has 3 N–H and O–H groups in total. The Morgan fingerprint density at radius 3 is 2.47 bits per heavy atom. The maximum Gasteiger partial charge on any atom is 0.209 e. The van der Waals surface area contributed by atoms with Crippen molar-refractivity contribution in [2.45, 2.75) is 13.8 Å². The molecule has 17 heavy (non-hydrogen) atoms. The Labute approximate surface area is 102 Å². The van der Waals surface area contributed by atoms with E-state index in [-0.39, 0.29) is 0 Å². The number of hydrogen-bond donors (Lipinski definition) is 2. The maximum atomic E-state index is 5.49. The van der Waals surface area contributed by atoms with E-state index in [0.29, 0.717) is 5.96 Å². The van der Waals surface area contributed by atoms with E-state index in [1.807, 2.05) is 44.2 Å². The Morgan fingerprint density at radius 1 is 1.24 bits per heavy atom. The van der Waals surface area contributed by atoms with E-state index in [1.54, 1.807) is 7.05 Å². The predicted molar refractivity (Wildman–Crippen MR) is 73.9 cm³/mol. The lowest BCUT2D eigenvalue weighted by Gasteiger charge is -2.02. The third-order valence-corrected chi connectivity index (χ3v) is 2.33. The molecule has 1 rings (SSSR count). The minimum Gasteiger partial charge on any atom is -0.369 e. The normalized spacial score (nSPS) is 13.7. The van der Waals surface area contributed by atoms with Crippen molar-refractivity contribution in [1.82, 2.24) is 5.43 Å². The molecule has 1 aromatic rings. The largest absolute Gasteiger partial charge is 0.369 e. The van der Waals surface area contributed by atoms with Gasteiger partial charge in [-0.25, -0.2) is 5.43 Å². The molecule has 0 fully saturated rings. The first kappa shape index (κ1) is 13.0. The molecule has 0 atom stereocenters. The van der Waals surface area contributed by atoms with Gasteiger partial charge in [-0.2, -0.15) is 5.10 Å². The number of benzene rings is 1. The number of rotatable bonds is 3. The summed E-state index contributed by atoms with van der Waals surface area (Å²) in [5.74, 6) is 0.303. The van der Waals surface area contributed by atoms with Crippen molar-refractivity contribution < 1.29 is 0 Å². The lowest BCUT2D eigenvalue weighted by atomic mass is 10.1. The summed E-state index contributed by atoms with van der Waals surface area (Å²) < 4.78 is 0. The summed E-state index contributed by atoms with van der Waals surface area (Å²) in [7, 11) is 1.61. The third kappa shape index (κ3) is 4.51. The Morgan fingerprint density at radius 2 is 1.88 bits per heavy atom. The lowest BCUT2D eigenvalue weighted by Crippen LogP contribution is -2.27. The highest BCUT2D eigenvalue weighted by molar-refractivity contribution is 6.01. The van der Waals surface area contributed by atoms with Gasteiger partial charge >= 0.3 is 0 Å². The summed E-state index contributed by atoms with van der Waals surface area (Å²) in [6.45, 7) is 3.93. The average molecular weight is 230 g/mol. The Balaban J connectivity index is 2.76. The number of nitrogens with zero attached hydrogens (tertiary/aromatic N) is 2. The van der Waals surface area contributed by atoms with Crippen molar-refractivity contribution >= 4 is 17.7 Å². The zero-order chi connectivity index (χ0) is 12.7.